The van der Waals surface area contributed by atoms with Gasteiger partial charge in [-0.25, -0.2) is 0 Å². The third-order valence-corrected chi connectivity index (χ3v) is 5.20. The largest absolute Gasteiger partial charge is 0.355 e. The lowest BCUT2D eigenvalue weighted by molar-refractivity contribution is -0.122. The molecule has 0 radical (unpaired) electrons. The van der Waals surface area contributed by atoms with Gasteiger partial charge in [-0.3, -0.25) is 4.79 Å². The summed E-state index contributed by atoms with van der Waals surface area (Å²) >= 11 is 0. The molecule has 1 saturated carbocycles. The summed E-state index contributed by atoms with van der Waals surface area (Å²) < 4.78 is 0. The number of hydrogen-bond donors (Lipinski definition) is 2. The van der Waals surface area contributed by atoms with Crippen molar-refractivity contribution < 1.29 is 4.79 Å². The summed E-state index contributed by atoms with van der Waals surface area (Å²) in [5.74, 6) is 0.585. The van der Waals surface area contributed by atoms with E-state index >= 15 is 0 Å². The number of rotatable bonds is 6. The van der Waals surface area contributed by atoms with Crippen LogP contribution in [0, 0.1) is 5.92 Å². The van der Waals surface area contributed by atoms with Gasteiger partial charge in [-0.2, -0.15) is 0 Å². The standard InChI is InChI=1S/C16H32N4O.2ClH/c1-19(2)14-6-9-20(10-7-14)11-8-18-16(21)12-13-4-3-5-15(13)17;;/h13-15H,3-12,17H2,1-2H3,(H,18,21);2*1H/t13-,15+;;/m0../s1. The molecule has 1 aliphatic carbocycles. The van der Waals surface area contributed by atoms with Crippen LogP contribution in [0.3, 0.4) is 0 Å². The summed E-state index contributed by atoms with van der Waals surface area (Å²) in [6, 6.07) is 0.959. The summed E-state index contributed by atoms with van der Waals surface area (Å²) in [6.07, 6.45) is 6.46. The van der Waals surface area contributed by atoms with Gasteiger partial charge in [0.1, 0.15) is 0 Å². The third kappa shape index (κ3) is 7.57. The first kappa shape index (κ1) is 22.9. The Labute approximate surface area is 153 Å². The SMILES string of the molecule is CN(C)C1CCN(CCNC(=O)C[C@@H]2CCC[C@H]2N)CC1.Cl.Cl. The number of carbonyl (C=O) groups excluding carboxylic acids is 1. The van der Waals surface area contributed by atoms with Gasteiger partial charge in [-0.1, -0.05) is 6.42 Å². The highest BCUT2D eigenvalue weighted by atomic mass is 35.5. The second kappa shape index (κ2) is 11.5. The molecule has 1 saturated heterocycles. The minimum Gasteiger partial charge on any atom is -0.355 e. The molecule has 1 aliphatic heterocycles. The summed E-state index contributed by atoms with van der Waals surface area (Å²) in [5, 5.41) is 3.06. The lowest BCUT2D eigenvalue weighted by atomic mass is 10.00. The van der Waals surface area contributed by atoms with Crippen molar-refractivity contribution >= 4 is 30.7 Å². The maximum absolute atomic E-state index is 11.9. The van der Waals surface area contributed by atoms with Gasteiger partial charge in [0.15, 0.2) is 0 Å². The molecule has 0 aromatic rings. The second-order valence-corrected chi connectivity index (χ2v) is 6.95. The third-order valence-electron chi connectivity index (χ3n) is 5.20. The van der Waals surface area contributed by atoms with Crippen molar-refractivity contribution in [1.82, 2.24) is 15.1 Å². The minimum atomic E-state index is 0. The zero-order valence-electron chi connectivity index (χ0n) is 14.5. The monoisotopic (exact) mass is 368 g/mol. The maximum atomic E-state index is 11.9. The topological polar surface area (TPSA) is 61.6 Å². The Balaban J connectivity index is 0.00000242. The molecule has 0 aromatic carbocycles. The van der Waals surface area contributed by atoms with Gasteiger partial charge >= 0.3 is 0 Å². The van der Waals surface area contributed by atoms with Crippen molar-refractivity contribution in [1.29, 1.82) is 0 Å². The Bertz CT molecular complexity index is 336. The summed E-state index contributed by atoms with van der Waals surface area (Å²) in [7, 11) is 4.32. The van der Waals surface area contributed by atoms with Crippen LogP contribution in [-0.4, -0.2) is 68.1 Å². The van der Waals surface area contributed by atoms with E-state index in [0.717, 1.165) is 45.1 Å². The molecule has 2 fully saturated rings. The fourth-order valence-corrected chi connectivity index (χ4v) is 3.64. The smallest absolute Gasteiger partial charge is 0.220 e. The van der Waals surface area contributed by atoms with Gasteiger partial charge in [-0.15, -0.1) is 24.8 Å². The van der Waals surface area contributed by atoms with Gasteiger partial charge < -0.3 is 20.9 Å². The van der Waals surface area contributed by atoms with E-state index < -0.39 is 0 Å². The summed E-state index contributed by atoms with van der Waals surface area (Å²) in [5.41, 5.74) is 6.02. The van der Waals surface area contributed by atoms with Crippen LogP contribution in [0.5, 0.6) is 0 Å². The molecule has 2 rings (SSSR count). The maximum Gasteiger partial charge on any atom is 0.220 e. The number of nitrogens with one attached hydrogen (secondary N) is 1. The molecule has 7 heteroatoms. The molecule has 1 amide bonds. The molecule has 0 spiro atoms. The van der Waals surface area contributed by atoms with E-state index in [1.165, 1.54) is 19.3 Å². The van der Waals surface area contributed by atoms with Crippen LogP contribution in [0.4, 0.5) is 0 Å². The zero-order valence-corrected chi connectivity index (χ0v) is 16.1. The fraction of sp³-hybridized carbons (Fsp3) is 0.938. The predicted octanol–water partition coefficient (Wildman–Crippen LogP) is 1.49. The number of piperidine rings is 1. The first-order chi connectivity index (χ1) is 10.1. The number of likely N-dealkylation sites (tertiary alicyclic amines) is 1. The van der Waals surface area contributed by atoms with Crippen molar-refractivity contribution in [3.8, 4) is 0 Å². The minimum absolute atomic E-state index is 0. The zero-order chi connectivity index (χ0) is 15.2. The molecule has 0 aromatic heterocycles. The van der Waals surface area contributed by atoms with Crippen LogP contribution in [0.15, 0.2) is 0 Å². The molecule has 3 N–H and O–H groups in total. The number of hydrogen-bond acceptors (Lipinski definition) is 4. The van der Waals surface area contributed by atoms with E-state index in [1.54, 1.807) is 0 Å². The molecular formula is C16H34Cl2N4O. The van der Waals surface area contributed by atoms with Gasteiger partial charge in [0, 0.05) is 31.6 Å². The molecule has 2 aliphatic rings. The molecule has 5 nitrogen and oxygen atoms in total. The van der Waals surface area contributed by atoms with E-state index in [-0.39, 0.29) is 36.8 Å². The van der Waals surface area contributed by atoms with E-state index in [1.807, 2.05) is 0 Å². The Morgan fingerprint density at radius 1 is 1.17 bits per heavy atom. The van der Waals surface area contributed by atoms with Gasteiger partial charge in [0.2, 0.25) is 5.91 Å². The van der Waals surface area contributed by atoms with Crippen LogP contribution < -0.4 is 11.1 Å². The van der Waals surface area contributed by atoms with E-state index in [9.17, 15) is 4.79 Å². The molecule has 0 unspecified atom stereocenters. The Kier molecular flexibility index (Phi) is 11.4. The van der Waals surface area contributed by atoms with Gasteiger partial charge in [0.05, 0.1) is 0 Å². The van der Waals surface area contributed by atoms with E-state index in [2.05, 4.69) is 29.2 Å². The average molecular weight is 369 g/mol. The normalized spacial score (nSPS) is 25.7. The number of nitrogens with two attached hydrogens (primary N) is 1. The van der Waals surface area contributed by atoms with E-state index in [4.69, 9.17) is 5.73 Å². The predicted molar refractivity (Wildman–Crippen MR) is 101 cm³/mol. The number of halogens is 2. The van der Waals surface area contributed by atoms with Crippen molar-refractivity contribution in [3.63, 3.8) is 0 Å². The lowest BCUT2D eigenvalue weighted by Gasteiger charge is -2.35. The molecule has 138 valence electrons. The highest BCUT2D eigenvalue weighted by Gasteiger charge is 2.26. The quantitative estimate of drug-likeness (QED) is 0.745. The van der Waals surface area contributed by atoms with E-state index in [0.29, 0.717) is 12.3 Å². The fourth-order valence-electron chi connectivity index (χ4n) is 3.64. The van der Waals surface area contributed by atoms with Crippen LogP contribution in [0.25, 0.3) is 0 Å². The van der Waals surface area contributed by atoms with Crippen molar-refractivity contribution in [2.45, 2.75) is 50.6 Å². The van der Waals surface area contributed by atoms with Crippen molar-refractivity contribution in [2.24, 2.45) is 11.7 Å². The van der Waals surface area contributed by atoms with Crippen LogP contribution in [-0.2, 0) is 4.79 Å². The number of nitrogens with zero attached hydrogens (tertiary/aromatic N) is 2. The van der Waals surface area contributed by atoms with Crippen molar-refractivity contribution in [2.75, 3.05) is 40.3 Å². The Morgan fingerprint density at radius 3 is 2.35 bits per heavy atom. The number of carbonyl (C=O) groups is 1. The summed E-state index contributed by atoms with van der Waals surface area (Å²) in [6.45, 7) is 4.04. The van der Waals surface area contributed by atoms with Crippen LogP contribution in [0.2, 0.25) is 0 Å². The Morgan fingerprint density at radius 2 is 1.83 bits per heavy atom. The molecule has 2 atom stereocenters. The lowest BCUT2D eigenvalue weighted by Crippen LogP contribution is -2.44. The Hall–Kier alpha value is -0.0700. The molecule has 23 heavy (non-hydrogen) atoms. The summed E-state index contributed by atoms with van der Waals surface area (Å²) in [4.78, 5) is 16.7. The van der Waals surface area contributed by atoms with Gasteiger partial charge in [-0.05, 0) is 58.8 Å². The molecule has 1 heterocycles. The van der Waals surface area contributed by atoms with Crippen molar-refractivity contribution in [3.05, 3.63) is 0 Å². The molecule has 0 bridgehead atoms. The first-order valence-corrected chi connectivity index (χ1v) is 8.47. The highest BCUT2D eigenvalue weighted by Crippen LogP contribution is 2.26. The number of amides is 1. The van der Waals surface area contributed by atoms with Gasteiger partial charge in [0.25, 0.3) is 0 Å². The average Bonchev–Trinajstić information content (AvgIpc) is 2.85. The van der Waals surface area contributed by atoms with Crippen LogP contribution >= 0.6 is 24.8 Å². The first-order valence-electron chi connectivity index (χ1n) is 8.47. The van der Waals surface area contributed by atoms with Crippen LogP contribution in [0.1, 0.15) is 38.5 Å². The second-order valence-electron chi connectivity index (χ2n) is 6.95. The highest BCUT2D eigenvalue weighted by molar-refractivity contribution is 5.85. The molecular weight excluding hydrogens is 335 g/mol.